The van der Waals surface area contributed by atoms with E-state index < -0.39 is 5.97 Å². The fourth-order valence-electron chi connectivity index (χ4n) is 2.58. The maximum atomic E-state index is 11.0. The van der Waals surface area contributed by atoms with Gasteiger partial charge in [0.05, 0.1) is 5.92 Å². The van der Waals surface area contributed by atoms with Crippen LogP contribution in [-0.2, 0) is 9.59 Å². The zero-order chi connectivity index (χ0) is 8.72. The minimum atomic E-state index is -0.683. The fourth-order valence-corrected chi connectivity index (χ4v) is 2.58. The van der Waals surface area contributed by atoms with Crippen molar-refractivity contribution in [3.05, 3.63) is 0 Å². The highest BCUT2D eigenvalue weighted by Crippen LogP contribution is 2.45. The maximum absolute atomic E-state index is 11.0. The number of ketones is 1. The topological polar surface area (TPSA) is 54.4 Å². The SMILES string of the molecule is O=C1C[C@H]2CC(C(=O)O)C[C@@H]2C1. The van der Waals surface area contributed by atoms with Gasteiger partial charge in [-0.1, -0.05) is 0 Å². The van der Waals surface area contributed by atoms with Gasteiger partial charge in [-0.3, -0.25) is 9.59 Å². The number of carboxylic acid groups (broad SMARTS) is 1. The maximum Gasteiger partial charge on any atom is 0.306 e. The molecule has 0 spiro atoms. The molecule has 0 radical (unpaired) electrons. The van der Waals surface area contributed by atoms with E-state index in [1.165, 1.54) is 0 Å². The molecule has 2 atom stereocenters. The third-order valence-electron chi connectivity index (χ3n) is 3.17. The number of carboxylic acids is 1. The first kappa shape index (κ1) is 7.77. The van der Waals surface area contributed by atoms with Gasteiger partial charge in [0.15, 0.2) is 0 Å². The molecule has 2 saturated carbocycles. The van der Waals surface area contributed by atoms with Crippen LogP contribution in [0.3, 0.4) is 0 Å². The average molecular weight is 168 g/mol. The van der Waals surface area contributed by atoms with Crippen molar-refractivity contribution in [3.8, 4) is 0 Å². The summed E-state index contributed by atoms with van der Waals surface area (Å²) < 4.78 is 0. The second-order valence-corrected chi connectivity index (χ2v) is 3.97. The van der Waals surface area contributed by atoms with Crippen LogP contribution >= 0.6 is 0 Å². The molecule has 0 amide bonds. The van der Waals surface area contributed by atoms with E-state index in [-0.39, 0.29) is 5.92 Å². The van der Waals surface area contributed by atoms with Gasteiger partial charge in [0.1, 0.15) is 5.78 Å². The summed E-state index contributed by atoms with van der Waals surface area (Å²) in [7, 11) is 0. The van der Waals surface area contributed by atoms with Crippen LogP contribution in [0.1, 0.15) is 25.7 Å². The first-order chi connectivity index (χ1) is 5.66. The molecule has 2 rings (SSSR count). The highest BCUT2D eigenvalue weighted by molar-refractivity contribution is 5.82. The van der Waals surface area contributed by atoms with Crippen molar-refractivity contribution in [1.29, 1.82) is 0 Å². The van der Waals surface area contributed by atoms with E-state index in [0.29, 0.717) is 30.5 Å². The molecule has 0 heterocycles. The van der Waals surface area contributed by atoms with Crippen LogP contribution in [0.25, 0.3) is 0 Å². The average Bonchev–Trinajstić information content (AvgIpc) is 2.42. The van der Waals surface area contributed by atoms with Gasteiger partial charge in [0.25, 0.3) is 0 Å². The van der Waals surface area contributed by atoms with Crippen LogP contribution in [-0.4, -0.2) is 16.9 Å². The van der Waals surface area contributed by atoms with Crippen molar-refractivity contribution in [2.75, 3.05) is 0 Å². The largest absolute Gasteiger partial charge is 0.481 e. The molecular weight excluding hydrogens is 156 g/mol. The molecule has 3 heteroatoms. The number of rotatable bonds is 1. The van der Waals surface area contributed by atoms with Crippen molar-refractivity contribution < 1.29 is 14.7 Å². The van der Waals surface area contributed by atoms with Crippen LogP contribution in [0, 0.1) is 17.8 Å². The predicted octanol–water partition coefficient (Wildman–Crippen LogP) is 1.08. The van der Waals surface area contributed by atoms with Crippen LogP contribution in [0.2, 0.25) is 0 Å². The van der Waals surface area contributed by atoms with Crippen molar-refractivity contribution in [1.82, 2.24) is 0 Å². The van der Waals surface area contributed by atoms with Crippen molar-refractivity contribution in [2.24, 2.45) is 17.8 Å². The summed E-state index contributed by atoms with van der Waals surface area (Å²) in [6.07, 6.45) is 2.72. The van der Waals surface area contributed by atoms with Gasteiger partial charge in [0.2, 0.25) is 0 Å². The van der Waals surface area contributed by atoms with Crippen molar-refractivity contribution in [2.45, 2.75) is 25.7 Å². The van der Waals surface area contributed by atoms with E-state index in [0.717, 1.165) is 12.8 Å². The number of carbonyl (C=O) groups is 2. The zero-order valence-corrected chi connectivity index (χ0v) is 6.82. The van der Waals surface area contributed by atoms with Crippen LogP contribution in [0.5, 0.6) is 0 Å². The molecule has 12 heavy (non-hydrogen) atoms. The Labute approximate surface area is 70.8 Å². The number of aliphatic carboxylic acids is 1. The quantitative estimate of drug-likeness (QED) is 0.637. The molecule has 0 aromatic heterocycles. The molecule has 66 valence electrons. The van der Waals surface area contributed by atoms with Crippen molar-refractivity contribution in [3.63, 3.8) is 0 Å². The molecule has 3 nitrogen and oxygen atoms in total. The molecule has 0 bridgehead atoms. The lowest BCUT2D eigenvalue weighted by atomic mass is 10.0. The van der Waals surface area contributed by atoms with Gasteiger partial charge in [-0.25, -0.2) is 0 Å². The molecule has 2 aliphatic rings. The van der Waals surface area contributed by atoms with Gasteiger partial charge in [-0.2, -0.15) is 0 Å². The van der Waals surface area contributed by atoms with Crippen LogP contribution in [0.4, 0.5) is 0 Å². The Bertz CT molecular complexity index is 218. The Hall–Kier alpha value is -0.860. The molecule has 0 saturated heterocycles. The Kier molecular flexibility index (Phi) is 1.67. The molecule has 2 fully saturated rings. The Morgan fingerprint density at radius 2 is 1.75 bits per heavy atom. The lowest BCUT2D eigenvalue weighted by Crippen LogP contribution is -2.11. The summed E-state index contributed by atoms with van der Waals surface area (Å²) in [5.41, 5.74) is 0. The summed E-state index contributed by atoms with van der Waals surface area (Å²) >= 11 is 0. The number of Topliss-reactive ketones (excluding diaryl/α,β-unsaturated/α-hetero) is 1. The van der Waals surface area contributed by atoms with Crippen molar-refractivity contribution >= 4 is 11.8 Å². The van der Waals surface area contributed by atoms with Crippen LogP contribution < -0.4 is 0 Å². The van der Waals surface area contributed by atoms with E-state index in [4.69, 9.17) is 5.11 Å². The zero-order valence-electron chi connectivity index (χ0n) is 6.82. The third kappa shape index (κ3) is 1.13. The minimum Gasteiger partial charge on any atom is -0.481 e. The minimum absolute atomic E-state index is 0.173. The number of carbonyl (C=O) groups excluding carboxylic acids is 1. The fraction of sp³-hybridized carbons (Fsp3) is 0.778. The third-order valence-corrected chi connectivity index (χ3v) is 3.17. The molecule has 0 aliphatic heterocycles. The van der Waals surface area contributed by atoms with Gasteiger partial charge in [0, 0.05) is 12.8 Å². The lowest BCUT2D eigenvalue weighted by molar-refractivity contribution is -0.141. The molecule has 0 aromatic rings. The summed E-state index contributed by atoms with van der Waals surface area (Å²) in [5, 5.41) is 8.75. The number of hydrogen-bond donors (Lipinski definition) is 1. The predicted molar refractivity (Wildman–Crippen MR) is 41.6 cm³/mol. The second-order valence-electron chi connectivity index (χ2n) is 3.97. The standard InChI is InChI=1S/C9H12O3/c10-8-3-5-1-7(9(11)12)2-6(5)4-8/h5-7H,1-4H2,(H,11,12)/t5-,6-/m1/s1. The second kappa shape index (κ2) is 2.57. The monoisotopic (exact) mass is 168 g/mol. The highest BCUT2D eigenvalue weighted by atomic mass is 16.4. The Morgan fingerprint density at radius 3 is 2.17 bits per heavy atom. The van der Waals surface area contributed by atoms with E-state index >= 15 is 0 Å². The number of fused-ring (bicyclic) bond motifs is 1. The normalized spacial score (nSPS) is 35.5. The van der Waals surface area contributed by atoms with E-state index in [1.54, 1.807) is 0 Å². The first-order valence-corrected chi connectivity index (χ1v) is 4.41. The summed E-state index contributed by atoms with van der Waals surface area (Å²) in [5.74, 6) is 0.246. The molecule has 0 aromatic carbocycles. The molecule has 2 aliphatic carbocycles. The number of hydrogen-bond acceptors (Lipinski definition) is 2. The van der Waals surface area contributed by atoms with Gasteiger partial charge < -0.3 is 5.11 Å². The smallest absolute Gasteiger partial charge is 0.306 e. The van der Waals surface area contributed by atoms with Gasteiger partial charge in [-0.15, -0.1) is 0 Å². The van der Waals surface area contributed by atoms with E-state index in [1.807, 2.05) is 0 Å². The summed E-state index contributed by atoms with van der Waals surface area (Å²) in [6, 6.07) is 0. The Morgan fingerprint density at radius 1 is 1.25 bits per heavy atom. The first-order valence-electron chi connectivity index (χ1n) is 4.41. The Balaban J connectivity index is 2.02. The molecule has 1 N–H and O–H groups in total. The summed E-state index contributed by atoms with van der Waals surface area (Å²) in [6.45, 7) is 0. The lowest BCUT2D eigenvalue weighted by Gasteiger charge is -2.02. The highest BCUT2D eigenvalue weighted by Gasteiger charge is 2.43. The van der Waals surface area contributed by atoms with Gasteiger partial charge in [-0.05, 0) is 24.7 Å². The molecule has 0 unspecified atom stereocenters. The van der Waals surface area contributed by atoms with Crippen LogP contribution in [0.15, 0.2) is 0 Å². The van der Waals surface area contributed by atoms with Gasteiger partial charge >= 0.3 is 5.97 Å². The van der Waals surface area contributed by atoms with E-state index in [2.05, 4.69) is 0 Å². The molecular formula is C9H12O3. The summed E-state index contributed by atoms with van der Waals surface area (Å²) in [4.78, 5) is 21.6. The van der Waals surface area contributed by atoms with E-state index in [9.17, 15) is 9.59 Å².